The van der Waals surface area contributed by atoms with E-state index in [1.807, 2.05) is 7.05 Å². The number of hydrogen-bond acceptors (Lipinski definition) is 5. The van der Waals surface area contributed by atoms with E-state index < -0.39 is 0 Å². The number of carbonyl (C=O) groups excluding carboxylic acids is 1. The third-order valence-corrected chi connectivity index (χ3v) is 4.76. The summed E-state index contributed by atoms with van der Waals surface area (Å²) in [4.78, 5) is 16.3. The first-order valence-electron chi connectivity index (χ1n) is 8.22. The number of phenols is 3. The Balaban J connectivity index is 1.96. The van der Waals surface area contributed by atoms with Crippen molar-refractivity contribution in [2.24, 2.45) is 0 Å². The maximum absolute atomic E-state index is 12.3. The van der Waals surface area contributed by atoms with E-state index in [-0.39, 0.29) is 28.5 Å². The summed E-state index contributed by atoms with van der Waals surface area (Å²) in [5, 5.41) is 31.5. The number of aromatic hydroxyl groups is 3. The minimum Gasteiger partial charge on any atom is -0.507 e. The Morgan fingerprint density at radius 2 is 1.76 bits per heavy atom. The van der Waals surface area contributed by atoms with Gasteiger partial charge in [0.2, 0.25) is 5.91 Å². The molecule has 6 heteroatoms. The van der Waals surface area contributed by atoms with Crippen LogP contribution in [0.1, 0.15) is 11.1 Å². The zero-order chi connectivity index (χ0) is 18.1. The van der Waals surface area contributed by atoms with Crippen molar-refractivity contribution in [2.45, 2.75) is 6.92 Å². The van der Waals surface area contributed by atoms with Crippen LogP contribution in [0.25, 0.3) is 16.8 Å². The molecule has 0 unspecified atom stereocenters. The van der Waals surface area contributed by atoms with Gasteiger partial charge in [-0.05, 0) is 26.1 Å². The van der Waals surface area contributed by atoms with Crippen molar-refractivity contribution < 1.29 is 20.1 Å². The molecule has 1 aliphatic rings. The molecule has 1 fully saturated rings. The van der Waals surface area contributed by atoms with Gasteiger partial charge in [0.1, 0.15) is 17.2 Å². The molecule has 2 aromatic carbocycles. The Bertz CT molecular complexity index is 852. The highest BCUT2D eigenvalue weighted by atomic mass is 16.3. The summed E-state index contributed by atoms with van der Waals surface area (Å²) in [5.74, 6) is -0.421. The van der Waals surface area contributed by atoms with Crippen LogP contribution in [0, 0.1) is 6.92 Å². The van der Waals surface area contributed by atoms with Gasteiger partial charge in [0.25, 0.3) is 0 Å². The summed E-state index contributed by atoms with van der Waals surface area (Å²) in [6.45, 7) is 4.64. The fourth-order valence-electron chi connectivity index (χ4n) is 3.12. The lowest BCUT2D eigenvalue weighted by molar-refractivity contribution is -0.127. The van der Waals surface area contributed by atoms with E-state index in [1.165, 1.54) is 18.2 Å². The second-order valence-electron chi connectivity index (χ2n) is 6.40. The van der Waals surface area contributed by atoms with Gasteiger partial charge in [0, 0.05) is 48.8 Å². The van der Waals surface area contributed by atoms with Crippen molar-refractivity contribution in [3.8, 4) is 17.2 Å². The normalized spacial score (nSPS) is 16.0. The second-order valence-corrected chi connectivity index (χ2v) is 6.40. The molecule has 0 radical (unpaired) electrons. The molecular weight excluding hydrogens is 320 g/mol. The van der Waals surface area contributed by atoms with Crippen molar-refractivity contribution >= 4 is 22.8 Å². The second kappa shape index (κ2) is 6.64. The summed E-state index contributed by atoms with van der Waals surface area (Å²) in [7, 11) is 2.02. The van der Waals surface area contributed by atoms with Crippen molar-refractivity contribution in [3.05, 3.63) is 35.4 Å². The van der Waals surface area contributed by atoms with E-state index in [0.29, 0.717) is 29.6 Å². The van der Waals surface area contributed by atoms with Gasteiger partial charge < -0.3 is 25.1 Å². The molecule has 0 atom stereocenters. The van der Waals surface area contributed by atoms with E-state index in [9.17, 15) is 20.1 Å². The predicted molar refractivity (Wildman–Crippen MR) is 96.8 cm³/mol. The smallest absolute Gasteiger partial charge is 0.246 e. The van der Waals surface area contributed by atoms with E-state index >= 15 is 0 Å². The van der Waals surface area contributed by atoms with Gasteiger partial charge in [0.05, 0.1) is 5.39 Å². The van der Waals surface area contributed by atoms with Gasteiger partial charge in [0.15, 0.2) is 0 Å². The minimum atomic E-state index is -0.147. The van der Waals surface area contributed by atoms with Crippen LogP contribution in [0.3, 0.4) is 0 Å². The number of rotatable bonds is 2. The largest absolute Gasteiger partial charge is 0.507 e. The Morgan fingerprint density at radius 3 is 2.44 bits per heavy atom. The maximum Gasteiger partial charge on any atom is 0.246 e. The van der Waals surface area contributed by atoms with Crippen LogP contribution >= 0.6 is 0 Å². The zero-order valence-electron chi connectivity index (χ0n) is 14.4. The number of likely N-dealkylation sites (N-methyl/N-ethyl adjacent to an activating group) is 1. The predicted octanol–water partition coefficient (Wildman–Crippen LogP) is 2.05. The maximum atomic E-state index is 12.3. The number of phenolic OH excluding ortho intramolecular Hbond substituents is 3. The first-order chi connectivity index (χ1) is 11.9. The number of hydrogen-bond donors (Lipinski definition) is 3. The fraction of sp³-hybridized carbons (Fsp3) is 0.316. The molecule has 1 saturated heterocycles. The van der Waals surface area contributed by atoms with Crippen LogP contribution < -0.4 is 0 Å². The molecule has 25 heavy (non-hydrogen) atoms. The van der Waals surface area contributed by atoms with Crippen LogP contribution in [0.15, 0.2) is 24.3 Å². The number of piperazine rings is 1. The van der Waals surface area contributed by atoms with E-state index in [0.717, 1.165) is 13.1 Å². The first-order valence-corrected chi connectivity index (χ1v) is 8.22. The summed E-state index contributed by atoms with van der Waals surface area (Å²) in [6.07, 6.45) is 2.90. The highest BCUT2D eigenvalue weighted by molar-refractivity contribution is 6.02. The Kier molecular flexibility index (Phi) is 4.55. The lowest BCUT2D eigenvalue weighted by Crippen LogP contribution is -2.46. The standard InChI is InChI=1S/C19H22N2O4/c1-12-13(6-7-16(23)21-10-8-20(2)9-11-21)19(25)17-14(18(12)24)4-3-5-15(17)22/h3-7,22,24-25H,8-11H2,1-2H3/b7-6+. The van der Waals surface area contributed by atoms with Gasteiger partial charge in [-0.25, -0.2) is 0 Å². The lowest BCUT2D eigenvalue weighted by Gasteiger charge is -2.31. The number of nitrogens with zero attached hydrogens (tertiary/aromatic N) is 2. The van der Waals surface area contributed by atoms with Crippen LogP contribution in [-0.2, 0) is 4.79 Å². The average Bonchev–Trinajstić information content (AvgIpc) is 2.60. The molecule has 1 amide bonds. The molecule has 3 rings (SSSR count). The summed E-state index contributed by atoms with van der Waals surface area (Å²) in [6, 6.07) is 4.67. The van der Waals surface area contributed by atoms with Gasteiger partial charge >= 0.3 is 0 Å². The fourth-order valence-corrected chi connectivity index (χ4v) is 3.12. The number of fused-ring (bicyclic) bond motifs is 1. The summed E-state index contributed by atoms with van der Waals surface area (Å²) in [5.41, 5.74) is 0.784. The Labute approximate surface area is 146 Å². The van der Waals surface area contributed by atoms with Crippen molar-refractivity contribution in [1.82, 2.24) is 9.80 Å². The monoisotopic (exact) mass is 342 g/mol. The molecule has 0 aromatic heterocycles. The van der Waals surface area contributed by atoms with Crippen LogP contribution in [0.4, 0.5) is 0 Å². The van der Waals surface area contributed by atoms with Crippen LogP contribution in [-0.4, -0.2) is 64.3 Å². The summed E-state index contributed by atoms with van der Waals surface area (Å²) >= 11 is 0. The van der Waals surface area contributed by atoms with Crippen molar-refractivity contribution in [1.29, 1.82) is 0 Å². The molecule has 0 aliphatic carbocycles. The molecule has 3 N–H and O–H groups in total. The molecule has 132 valence electrons. The molecule has 0 spiro atoms. The van der Waals surface area contributed by atoms with E-state index in [1.54, 1.807) is 24.0 Å². The van der Waals surface area contributed by atoms with Gasteiger partial charge in [-0.1, -0.05) is 12.1 Å². The molecule has 1 heterocycles. The number of amides is 1. The van der Waals surface area contributed by atoms with Gasteiger partial charge in [-0.3, -0.25) is 4.79 Å². The van der Waals surface area contributed by atoms with E-state index in [2.05, 4.69) is 4.90 Å². The molecule has 6 nitrogen and oxygen atoms in total. The Morgan fingerprint density at radius 1 is 1.08 bits per heavy atom. The molecule has 0 bridgehead atoms. The minimum absolute atomic E-state index is 0.0182. The third kappa shape index (κ3) is 3.13. The van der Waals surface area contributed by atoms with Crippen LogP contribution in [0.5, 0.6) is 17.2 Å². The highest BCUT2D eigenvalue weighted by Gasteiger charge is 2.19. The third-order valence-electron chi connectivity index (χ3n) is 4.76. The van der Waals surface area contributed by atoms with Crippen molar-refractivity contribution in [2.75, 3.05) is 33.2 Å². The van der Waals surface area contributed by atoms with Gasteiger partial charge in [-0.15, -0.1) is 0 Å². The average molecular weight is 342 g/mol. The Hall–Kier alpha value is -2.73. The number of carbonyl (C=O) groups is 1. The highest BCUT2D eigenvalue weighted by Crippen LogP contribution is 2.43. The molecule has 0 saturated carbocycles. The quantitative estimate of drug-likeness (QED) is 0.575. The topological polar surface area (TPSA) is 84.2 Å². The first kappa shape index (κ1) is 17.1. The molecule has 2 aromatic rings. The molecule has 1 aliphatic heterocycles. The molecular formula is C19H22N2O4. The summed E-state index contributed by atoms with van der Waals surface area (Å²) < 4.78 is 0. The lowest BCUT2D eigenvalue weighted by atomic mass is 9.97. The number of benzene rings is 2. The zero-order valence-corrected chi connectivity index (χ0v) is 14.4. The van der Waals surface area contributed by atoms with Crippen LogP contribution in [0.2, 0.25) is 0 Å². The van der Waals surface area contributed by atoms with Crippen molar-refractivity contribution in [3.63, 3.8) is 0 Å². The SMILES string of the molecule is Cc1c(/C=C/C(=O)N2CCN(C)CC2)c(O)c2c(O)cccc2c1O. The van der Waals surface area contributed by atoms with E-state index in [4.69, 9.17) is 0 Å². The van der Waals surface area contributed by atoms with Gasteiger partial charge in [-0.2, -0.15) is 0 Å².